The highest BCUT2D eigenvalue weighted by atomic mass is 16.5. The molecule has 0 spiro atoms. The molecule has 0 aliphatic heterocycles. The van der Waals surface area contributed by atoms with Crippen molar-refractivity contribution in [3.63, 3.8) is 0 Å². The van der Waals surface area contributed by atoms with E-state index in [0.29, 0.717) is 13.1 Å². The van der Waals surface area contributed by atoms with Gasteiger partial charge in [0.2, 0.25) is 0 Å². The number of rotatable bonds is 5. The topological polar surface area (TPSA) is 54.3 Å². The van der Waals surface area contributed by atoms with Crippen LogP contribution < -0.4 is 14.8 Å². The third kappa shape index (κ3) is 3.15. The highest BCUT2D eigenvalue weighted by Gasteiger charge is 2.03. The van der Waals surface area contributed by atoms with Crippen LogP contribution in [0.3, 0.4) is 0 Å². The third-order valence-electron chi connectivity index (χ3n) is 2.01. The Morgan fingerprint density at radius 3 is 2.73 bits per heavy atom. The minimum absolute atomic E-state index is 0.320. The van der Waals surface area contributed by atoms with Crippen molar-refractivity contribution in [1.29, 1.82) is 5.26 Å². The fourth-order valence-corrected chi connectivity index (χ4v) is 1.27. The van der Waals surface area contributed by atoms with Crippen molar-refractivity contribution in [2.45, 2.75) is 6.54 Å². The van der Waals surface area contributed by atoms with E-state index in [1.807, 2.05) is 24.3 Å². The van der Waals surface area contributed by atoms with Crippen LogP contribution in [-0.4, -0.2) is 20.8 Å². The van der Waals surface area contributed by atoms with Crippen molar-refractivity contribution < 1.29 is 9.47 Å². The van der Waals surface area contributed by atoms with Crippen LogP contribution in [0.4, 0.5) is 0 Å². The smallest absolute Gasteiger partial charge is 0.123 e. The number of hydrogen-bond acceptors (Lipinski definition) is 4. The van der Waals surface area contributed by atoms with E-state index < -0.39 is 0 Å². The Morgan fingerprint density at radius 2 is 2.13 bits per heavy atom. The number of nitriles is 1. The highest BCUT2D eigenvalue weighted by Crippen LogP contribution is 2.23. The molecule has 0 saturated carbocycles. The molecule has 0 fully saturated rings. The maximum absolute atomic E-state index is 8.40. The quantitative estimate of drug-likeness (QED) is 0.583. The van der Waals surface area contributed by atoms with Crippen LogP contribution in [0.2, 0.25) is 0 Å². The zero-order valence-corrected chi connectivity index (χ0v) is 8.91. The van der Waals surface area contributed by atoms with Gasteiger partial charge in [-0.25, -0.2) is 0 Å². The summed E-state index contributed by atoms with van der Waals surface area (Å²) in [7, 11) is 3.24. The largest absolute Gasteiger partial charge is 0.497 e. The molecule has 0 radical (unpaired) electrons. The van der Waals surface area contributed by atoms with Gasteiger partial charge in [0, 0.05) is 12.1 Å². The number of nitrogens with zero attached hydrogens (tertiary/aromatic N) is 1. The van der Waals surface area contributed by atoms with Crippen LogP contribution in [-0.2, 0) is 6.54 Å². The molecule has 0 bridgehead atoms. The van der Waals surface area contributed by atoms with E-state index in [-0.39, 0.29) is 0 Å². The lowest BCUT2D eigenvalue weighted by atomic mass is 10.2. The number of nitrogens with one attached hydrogen (secondary N) is 1. The van der Waals surface area contributed by atoms with Gasteiger partial charge in [0.1, 0.15) is 11.5 Å². The summed E-state index contributed by atoms with van der Waals surface area (Å²) in [5.74, 6) is 1.57. The highest BCUT2D eigenvalue weighted by molar-refractivity contribution is 5.40. The Morgan fingerprint density at radius 1 is 1.33 bits per heavy atom. The molecule has 1 N–H and O–H groups in total. The molecule has 80 valence electrons. The maximum atomic E-state index is 8.40. The number of methoxy groups -OCH3 is 2. The second-order valence-electron chi connectivity index (χ2n) is 2.94. The van der Waals surface area contributed by atoms with Crippen LogP contribution in [0.25, 0.3) is 0 Å². The average molecular weight is 206 g/mol. The van der Waals surface area contributed by atoms with E-state index in [9.17, 15) is 0 Å². The number of ether oxygens (including phenoxy) is 2. The molecule has 0 aromatic heterocycles. The van der Waals surface area contributed by atoms with Gasteiger partial charge in [0.05, 0.1) is 26.8 Å². The van der Waals surface area contributed by atoms with Gasteiger partial charge in [-0.15, -0.1) is 0 Å². The summed E-state index contributed by atoms with van der Waals surface area (Å²) in [5.41, 5.74) is 0.979. The lowest BCUT2D eigenvalue weighted by Crippen LogP contribution is -2.13. The van der Waals surface area contributed by atoms with Gasteiger partial charge in [0.15, 0.2) is 0 Å². The summed E-state index contributed by atoms with van der Waals surface area (Å²) >= 11 is 0. The van der Waals surface area contributed by atoms with Crippen LogP contribution in [0.15, 0.2) is 18.2 Å². The fourth-order valence-electron chi connectivity index (χ4n) is 1.27. The summed E-state index contributed by atoms with van der Waals surface area (Å²) in [6.45, 7) is 0.911. The van der Waals surface area contributed by atoms with Crippen molar-refractivity contribution in [3.05, 3.63) is 23.8 Å². The lowest BCUT2D eigenvalue weighted by Gasteiger charge is -2.10. The Hall–Kier alpha value is -1.73. The first-order valence-corrected chi connectivity index (χ1v) is 4.60. The Bertz CT molecular complexity index is 358. The fraction of sp³-hybridized carbons (Fsp3) is 0.364. The van der Waals surface area contributed by atoms with Crippen LogP contribution in [0, 0.1) is 11.3 Å². The van der Waals surface area contributed by atoms with E-state index >= 15 is 0 Å². The van der Waals surface area contributed by atoms with E-state index in [2.05, 4.69) is 5.32 Å². The Kier molecular flexibility index (Phi) is 4.45. The maximum Gasteiger partial charge on any atom is 0.123 e. The molecule has 1 aromatic carbocycles. The molecule has 0 saturated heterocycles. The van der Waals surface area contributed by atoms with Crippen molar-refractivity contribution in [1.82, 2.24) is 5.32 Å². The molecule has 0 atom stereocenters. The monoisotopic (exact) mass is 206 g/mol. The number of hydrogen-bond donors (Lipinski definition) is 1. The molecule has 15 heavy (non-hydrogen) atoms. The second-order valence-corrected chi connectivity index (χ2v) is 2.94. The minimum Gasteiger partial charge on any atom is -0.497 e. The minimum atomic E-state index is 0.320. The first kappa shape index (κ1) is 11.3. The van der Waals surface area contributed by atoms with Gasteiger partial charge >= 0.3 is 0 Å². The summed E-state index contributed by atoms with van der Waals surface area (Å²) in [4.78, 5) is 0. The summed E-state index contributed by atoms with van der Waals surface area (Å²) in [5, 5.41) is 11.4. The standard InChI is InChI=1S/C11H14N2O2/c1-14-10-3-4-11(15-2)9(7-10)8-13-6-5-12/h3-4,7,13H,6,8H2,1-2H3. The SMILES string of the molecule is COc1ccc(OC)c(CNCC#N)c1. The molecule has 0 unspecified atom stereocenters. The molecule has 4 heteroatoms. The molecule has 4 nitrogen and oxygen atoms in total. The van der Waals surface area contributed by atoms with Crippen molar-refractivity contribution in [2.75, 3.05) is 20.8 Å². The van der Waals surface area contributed by atoms with Gasteiger partial charge in [-0.3, -0.25) is 0 Å². The zero-order valence-electron chi connectivity index (χ0n) is 8.91. The van der Waals surface area contributed by atoms with Crippen molar-refractivity contribution >= 4 is 0 Å². The van der Waals surface area contributed by atoms with Crippen LogP contribution in [0.5, 0.6) is 11.5 Å². The normalized spacial score (nSPS) is 9.40. The average Bonchev–Trinajstić information content (AvgIpc) is 2.29. The van der Waals surface area contributed by atoms with E-state index in [1.165, 1.54) is 0 Å². The van der Waals surface area contributed by atoms with Gasteiger partial charge in [-0.05, 0) is 18.2 Å². The molecule has 1 rings (SSSR count). The van der Waals surface area contributed by atoms with Gasteiger partial charge < -0.3 is 14.8 Å². The molecular weight excluding hydrogens is 192 g/mol. The van der Waals surface area contributed by atoms with Crippen molar-refractivity contribution in [3.8, 4) is 17.6 Å². The van der Waals surface area contributed by atoms with Crippen LogP contribution in [0.1, 0.15) is 5.56 Å². The van der Waals surface area contributed by atoms with Gasteiger partial charge in [-0.2, -0.15) is 5.26 Å². The predicted octanol–water partition coefficient (Wildman–Crippen LogP) is 1.32. The van der Waals surface area contributed by atoms with E-state index in [4.69, 9.17) is 14.7 Å². The first-order chi connectivity index (χ1) is 7.31. The molecule has 0 amide bonds. The molecule has 0 aliphatic rings. The first-order valence-electron chi connectivity index (χ1n) is 4.60. The van der Waals surface area contributed by atoms with E-state index in [1.54, 1.807) is 14.2 Å². The second kappa shape index (κ2) is 5.89. The molecule has 0 aliphatic carbocycles. The van der Waals surface area contributed by atoms with Gasteiger partial charge in [-0.1, -0.05) is 0 Å². The predicted molar refractivity (Wildman–Crippen MR) is 56.9 cm³/mol. The summed E-state index contributed by atoms with van der Waals surface area (Å²) in [6, 6.07) is 7.60. The summed E-state index contributed by atoms with van der Waals surface area (Å²) in [6.07, 6.45) is 0. The summed E-state index contributed by atoms with van der Waals surface area (Å²) < 4.78 is 10.3. The molecule has 1 aromatic rings. The van der Waals surface area contributed by atoms with Crippen LogP contribution >= 0.6 is 0 Å². The zero-order chi connectivity index (χ0) is 11.1. The Labute approximate surface area is 89.4 Å². The van der Waals surface area contributed by atoms with Crippen molar-refractivity contribution in [2.24, 2.45) is 0 Å². The Balaban J connectivity index is 2.77. The van der Waals surface area contributed by atoms with E-state index in [0.717, 1.165) is 17.1 Å². The number of benzene rings is 1. The van der Waals surface area contributed by atoms with Gasteiger partial charge in [0.25, 0.3) is 0 Å². The molecule has 0 heterocycles. The third-order valence-corrected chi connectivity index (χ3v) is 2.01. The molecular formula is C11H14N2O2. The lowest BCUT2D eigenvalue weighted by molar-refractivity contribution is 0.397.